The number of methoxy groups -OCH3 is 1. The smallest absolute Gasteiger partial charge is 0.323 e. The first-order chi connectivity index (χ1) is 8.42. The molecule has 0 spiro atoms. The van der Waals surface area contributed by atoms with Crippen LogP contribution in [-0.4, -0.2) is 60.9 Å². The number of likely N-dealkylation sites (tertiary alicyclic amines) is 1. The molecule has 1 heterocycles. The molecule has 0 saturated carbocycles. The molecule has 1 aliphatic rings. The predicted molar refractivity (Wildman–Crippen MR) is 70.8 cm³/mol. The number of nitrogens with one attached hydrogen (secondary N) is 1. The second kappa shape index (κ2) is 6.50. The van der Waals surface area contributed by atoms with E-state index in [0.717, 1.165) is 25.9 Å². The van der Waals surface area contributed by atoms with Gasteiger partial charge in [-0.25, -0.2) is 0 Å². The lowest BCUT2D eigenvalue weighted by molar-refractivity contribution is -0.145. The van der Waals surface area contributed by atoms with E-state index in [2.05, 4.69) is 17.1 Å². The molecule has 1 fully saturated rings. The van der Waals surface area contributed by atoms with Gasteiger partial charge in [0.15, 0.2) is 0 Å². The van der Waals surface area contributed by atoms with Crippen molar-refractivity contribution < 1.29 is 14.6 Å². The lowest BCUT2D eigenvalue weighted by atomic mass is 9.92. The Morgan fingerprint density at radius 3 is 2.83 bits per heavy atom. The number of hydrogen-bond donors (Lipinski definition) is 2. The van der Waals surface area contributed by atoms with Gasteiger partial charge in [0.25, 0.3) is 0 Å². The van der Waals surface area contributed by atoms with Gasteiger partial charge in [0.1, 0.15) is 5.54 Å². The number of hydrogen-bond acceptors (Lipinski definition) is 4. The molecule has 18 heavy (non-hydrogen) atoms. The van der Waals surface area contributed by atoms with E-state index in [9.17, 15) is 9.90 Å². The third-order valence-electron chi connectivity index (χ3n) is 4.09. The van der Waals surface area contributed by atoms with Crippen molar-refractivity contribution in [2.75, 3.05) is 27.2 Å². The number of carboxylic acid groups (broad SMARTS) is 1. The highest BCUT2D eigenvalue weighted by atomic mass is 16.5. The summed E-state index contributed by atoms with van der Waals surface area (Å²) in [6.07, 6.45) is 3.09. The van der Waals surface area contributed by atoms with Crippen LogP contribution in [0.25, 0.3) is 0 Å². The standard InChI is InChI=1S/C13H26N2O3/c1-10(8-13(2,14-3)12(16)17)15-7-5-6-11(9-15)18-4/h10-11,14H,5-9H2,1-4H3,(H,16,17). The summed E-state index contributed by atoms with van der Waals surface area (Å²) < 4.78 is 5.40. The first-order valence-electron chi connectivity index (χ1n) is 6.62. The molecule has 0 aromatic rings. The molecule has 5 heteroatoms. The first-order valence-corrected chi connectivity index (χ1v) is 6.62. The highest BCUT2D eigenvalue weighted by molar-refractivity contribution is 5.78. The van der Waals surface area contributed by atoms with Crippen molar-refractivity contribution in [3.05, 3.63) is 0 Å². The zero-order valence-corrected chi connectivity index (χ0v) is 11.9. The molecule has 1 rings (SSSR count). The summed E-state index contributed by atoms with van der Waals surface area (Å²) in [6, 6.07) is 0.233. The molecule has 1 aliphatic heterocycles. The largest absolute Gasteiger partial charge is 0.480 e. The maximum absolute atomic E-state index is 11.3. The van der Waals surface area contributed by atoms with Crippen LogP contribution in [-0.2, 0) is 9.53 Å². The Morgan fingerprint density at radius 2 is 2.33 bits per heavy atom. The second-order valence-corrected chi connectivity index (χ2v) is 5.44. The van der Waals surface area contributed by atoms with Crippen molar-refractivity contribution in [2.24, 2.45) is 0 Å². The van der Waals surface area contributed by atoms with Crippen LogP contribution >= 0.6 is 0 Å². The molecule has 0 radical (unpaired) electrons. The minimum absolute atomic E-state index is 0.233. The fourth-order valence-electron chi connectivity index (χ4n) is 2.58. The number of ether oxygens (including phenoxy) is 1. The number of carbonyl (C=O) groups is 1. The van der Waals surface area contributed by atoms with Gasteiger partial charge in [0.05, 0.1) is 6.10 Å². The summed E-state index contributed by atoms with van der Waals surface area (Å²) in [4.78, 5) is 13.6. The molecular formula is C13H26N2O3. The molecule has 3 atom stereocenters. The zero-order chi connectivity index (χ0) is 13.8. The fraction of sp³-hybridized carbons (Fsp3) is 0.923. The Labute approximate surface area is 109 Å². The van der Waals surface area contributed by atoms with E-state index in [1.54, 1.807) is 21.1 Å². The molecule has 0 aromatic heterocycles. The van der Waals surface area contributed by atoms with Gasteiger partial charge in [-0.3, -0.25) is 9.69 Å². The topological polar surface area (TPSA) is 61.8 Å². The van der Waals surface area contributed by atoms with Crippen molar-refractivity contribution in [3.8, 4) is 0 Å². The van der Waals surface area contributed by atoms with Crippen molar-refractivity contribution >= 4 is 5.97 Å². The van der Waals surface area contributed by atoms with E-state index in [0.29, 0.717) is 6.42 Å². The van der Waals surface area contributed by atoms with Crippen molar-refractivity contribution in [1.82, 2.24) is 10.2 Å². The maximum Gasteiger partial charge on any atom is 0.323 e. The molecule has 5 nitrogen and oxygen atoms in total. The lowest BCUT2D eigenvalue weighted by Gasteiger charge is -2.39. The van der Waals surface area contributed by atoms with E-state index in [1.165, 1.54) is 0 Å². The minimum Gasteiger partial charge on any atom is -0.480 e. The Kier molecular flexibility index (Phi) is 5.56. The monoisotopic (exact) mass is 258 g/mol. The molecule has 3 unspecified atom stereocenters. The number of nitrogens with zero attached hydrogens (tertiary/aromatic N) is 1. The van der Waals surface area contributed by atoms with Gasteiger partial charge in [-0.1, -0.05) is 0 Å². The summed E-state index contributed by atoms with van der Waals surface area (Å²) in [7, 11) is 3.45. The van der Waals surface area contributed by atoms with Gasteiger partial charge in [0, 0.05) is 19.7 Å². The number of piperidine rings is 1. The fourth-order valence-corrected chi connectivity index (χ4v) is 2.58. The van der Waals surface area contributed by atoms with Crippen LogP contribution in [0, 0.1) is 0 Å². The third kappa shape index (κ3) is 3.67. The highest BCUT2D eigenvalue weighted by Gasteiger charge is 2.35. The van der Waals surface area contributed by atoms with Crippen LogP contribution in [0.15, 0.2) is 0 Å². The van der Waals surface area contributed by atoms with Gasteiger partial charge >= 0.3 is 5.97 Å². The normalized spacial score (nSPS) is 26.6. The number of aliphatic carboxylic acids is 1. The van der Waals surface area contributed by atoms with Gasteiger partial charge in [-0.15, -0.1) is 0 Å². The molecular weight excluding hydrogens is 232 g/mol. The molecule has 0 bridgehead atoms. The molecule has 106 valence electrons. The van der Waals surface area contributed by atoms with E-state index in [4.69, 9.17) is 4.74 Å². The van der Waals surface area contributed by atoms with Crippen LogP contribution in [0.3, 0.4) is 0 Å². The van der Waals surface area contributed by atoms with Crippen molar-refractivity contribution in [1.29, 1.82) is 0 Å². The summed E-state index contributed by atoms with van der Waals surface area (Å²) in [6.45, 7) is 5.76. The quantitative estimate of drug-likeness (QED) is 0.742. The molecule has 2 N–H and O–H groups in total. The Morgan fingerprint density at radius 1 is 1.67 bits per heavy atom. The Balaban J connectivity index is 2.58. The average Bonchev–Trinajstić information content (AvgIpc) is 2.38. The van der Waals surface area contributed by atoms with Crippen LogP contribution < -0.4 is 5.32 Å². The van der Waals surface area contributed by atoms with Crippen LogP contribution in [0.1, 0.15) is 33.1 Å². The van der Waals surface area contributed by atoms with Gasteiger partial charge in [-0.2, -0.15) is 0 Å². The lowest BCUT2D eigenvalue weighted by Crippen LogP contribution is -2.53. The number of carboxylic acids is 1. The van der Waals surface area contributed by atoms with Crippen LogP contribution in [0.5, 0.6) is 0 Å². The zero-order valence-electron chi connectivity index (χ0n) is 11.9. The summed E-state index contributed by atoms with van der Waals surface area (Å²) >= 11 is 0. The summed E-state index contributed by atoms with van der Waals surface area (Å²) in [5.41, 5.74) is -0.862. The minimum atomic E-state index is -0.862. The van der Waals surface area contributed by atoms with Crippen LogP contribution in [0.2, 0.25) is 0 Å². The first kappa shape index (κ1) is 15.4. The molecule has 0 amide bonds. The van der Waals surface area contributed by atoms with Gasteiger partial charge < -0.3 is 15.2 Å². The average molecular weight is 258 g/mol. The van der Waals surface area contributed by atoms with E-state index < -0.39 is 11.5 Å². The van der Waals surface area contributed by atoms with Crippen molar-refractivity contribution in [2.45, 2.75) is 50.8 Å². The summed E-state index contributed by atoms with van der Waals surface area (Å²) in [5, 5.41) is 12.2. The van der Waals surface area contributed by atoms with Gasteiger partial charge in [0.2, 0.25) is 0 Å². The molecule has 0 aliphatic carbocycles. The maximum atomic E-state index is 11.3. The van der Waals surface area contributed by atoms with E-state index >= 15 is 0 Å². The third-order valence-corrected chi connectivity index (χ3v) is 4.09. The molecule has 0 aromatic carbocycles. The van der Waals surface area contributed by atoms with E-state index in [1.807, 2.05) is 0 Å². The predicted octanol–water partition coefficient (Wildman–Crippen LogP) is 0.939. The van der Waals surface area contributed by atoms with Gasteiger partial charge in [-0.05, 0) is 46.7 Å². The Hall–Kier alpha value is -0.650. The summed E-state index contributed by atoms with van der Waals surface area (Å²) in [5.74, 6) is -0.794. The highest BCUT2D eigenvalue weighted by Crippen LogP contribution is 2.21. The van der Waals surface area contributed by atoms with E-state index in [-0.39, 0.29) is 12.1 Å². The number of rotatable bonds is 6. The number of likely N-dealkylation sites (N-methyl/N-ethyl adjacent to an activating group) is 1. The van der Waals surface area contributed by atoms with Crippen molar-refractivity contribution in [3.63, 3.8) is 0 Å². The second-order valence-electron chi connectivity index (χ2n) is 5.44. The van der Waals surface area contributed by atoms with Crippen LogP contribution in [0.4, 0.5) is 0 Å². The molecule has 1 saturated heterocycles. The Bertz CT molecular complexity index is 285. The SMILES string of the molecule is CNC(C)(CC(C)N1CCCC(OC)C1)C(=O)O.